The smallest absolute Gasteiger partial charge is 0.250 e. The van der Waals surface area contributed by atoms with Gasteiger partial charge >= 0.3 is 0 Å². The second kappa shape index (κ2) is 4.89. The number of hydrogen-bond acceptors (Lipinski definition) is 1. The number of alkyl halides is 2. The zero-order valence-electron chi connectivity index (χ0n) is 8.39. The van der Waals surface area contributed by atoms with Crippen molar-refractivity contribution >= 4 is 0 Å². The molecule has 1 saturated carbocycles. The fourth-order valence-electron chi connectivity index (χ4n) is 2.11. The highest BCUT2D eigenvalue weighted by Gasteiger charge is 2.26. The first-order valence-corrected chi connectivity index (χ1v) is 5.12. The van der Waals surface area contributed by atoms with E-state index in [0.717, 1.165) is 6.42 Å². The van der Waals surface area contributed by atoms with Gasteiger partial charge in [-0.1, -0.05) is 26.7 Å². The first-order valence-electron chi connectivity index (χ1n) is 5.12. The second-order valence-corrected chi connectivity index (χ2v) is 4.17. The van der Waals surface area contributed by atoms with E-state index in [9.17, 15) is 8.78 Å². The van der Waals surface area contributed by atoms with Crippen LogP contribution in [0.2, 0.25) is 0 Å². The molecule has 0 aromatic heterocycles. The molecule has 3 atom stereocenters. The third kappa shape index (κ3) is 3.22. The Labute approximate surface area is 78.9 Å². The summed E-state index contributed by atoms with van der Waals surface area (Å²) in [5.41, 5.74) is 0. The van der Waals surface area contributed by atoms with Crippen LogP contribution in [0.25, 0.3) is 0 Å². The average Bonchev–Trinajstić information content (AvgIpc) is 2.07. The molecule has 0 bridgehead atoms. The lowest BCUT2D eigenvalue weighted by atomic mass is 9.78. The highest BCUT2D eigenvalue weighted by atomic mass is 19.3. The summed E-state index contributed by atoms with van der Waals surface area (Å²) in [6.07, 6.45) is 1.25. The molecule has 3 unspecified atom stereocenters. The minimum absolute atomic E-state index is 0.151. The summed E-state index contributed by atoms with van der Waals surface area (Å²) in [6, 6.07) is 0.303. The van der Waals surface area contributed by atoms with E-state index in [1.807, 2.05) is 0 Å². The first-order chi connectivity index (χ1) is 6.11. The van der Waals surface area contributed by atoms with Crippen molar-refractivity contribution in [2.24, 2.45) is 11.8 Å². The first kappa shape index (κ1) is 10.9. The lowest BCUT2D eigenvalue weighted by molar-refractivity contribution is 0.123. The van der Waals surface area contributed by atoms with Crippen molar-refractivity contribution in [2.45, 2.75) is 45.6 Å². The van der Waals surface area contributed by atoms with Gasteiger partial charge in [0.25, 0.3) is 6.43 Å². The standard InChI is InChI=1S/C10H19F2N/c1-7-4-3-5-9(8(7)2)13-6-10(11)12/h7-10,13H,3-6H2,1-2H3. The molecule has 1 aliphatic carbocycles. The Kier molecular flexibility index (Phi) is 4.10. The third-order valence-electron chi connectivity index (χ3n) is 3.24. The maximum absolute atomic E-state index is 12.0. The molecule has 1 nitrogen and oxygen atoms in total. The van der Waals surface area contributed by atoms with Gasteiger partial charge in [-0.15, -0.1) is 0 Å². The molecule has 3 heteroatoms. The summed E-state index contributed by atoms with van der Waals surface area (Å²) in [5.74, 6) is 1.21. The predicted octanol–water partition coefficient (Wildman–Crippen LogP) is 2.67. The molecule has 0 amide bonds. The second-order valence-electron chi connectivity index (χ2n) is 4.17. The van der Waals surface area contributed by atoms with Crippen LogP contribution in [0.5, 0.6) is 0 Å². The SMILES string of the molecule is CC1CCCC(NCC(F)F)C1C. The molecule has 0 aromatic rings. The Morgan fingerprint density at radius 2 is 2.00 bits per heavy atom. The van der Waals surface area contributed by atoms with Crippen molar-refractivity contribution in [3.8, 4) is 0 Å². The Balaban J connectivity index is 2.31. The number of nitrogens with one attached hydrogen (secondary N) is 1. The van der Waals surface area contributed by atoms with Crippen LogP contribution < -0.4 is 5.32 Å². The molecular formula is C10H19F2N. The van der Waals surface area contributed by atoms with Gasteiger partial charge in [-0.05, 0) is 18.3 Å². The molecule has 1 aliphatic rings. The topological polar surface area (TPSA) is 12.0 Å². The fourth-order valence-corrected chi connectivity index (χ4v) is 2.11. The van der Waals surface area contributed by atoms with Gasteiger partial charge in [0.2, 0.25) is 0 Å². The quantitative estimate of drug-likeness (QED) is 0.723. The van der Waals surface area contributed by atoms with Gasteiger partial charge < -0.3 is 5.32 Å². The molecule has 1 fully saturated rings. The summed E-state index contributed by atoms with van der Waals surface area (Å²) in [4.78, 5) is 0. The molecule has 1 rings (SSSR count). The fraction of sp³-hybridized carbons (Fsp3) is 1.00. The van der Waals surface area contributed by atoms with Crippen molar-refractivity contribution in [1.82, 2.24) is 5.32 Å². The normalized spacial score (nSPS) is 35.3. The van der Waals surface area contributed by atoms with Crippen LogP contribution in [0.15, 0.2) is 0 Å². The Hall–Kier alpha value is -0.180. The van der Waals surface area contributed by atoms with Gasteiger partial charge in [0, 0.05) is 6.04 Å². The molecule has 0 aromatic carbocycles. The van der Waals surface area contributed by atoms with Gasteiger partial charge in [0.15, 0.2) is 0 Å². The van der Waals surface area contributed by atoms with Crippen molar-refractivity contribution in [3.05, 3.63) is 0 Å². The van der Waals surface area contributed by atoms with E-state index in [2.05, 4.69) is 19.2 Å². The van der Waals surface area contributed by atoms with Crippen LogP contribution in [-0.4, -0.2) is 19.0 Å². The van der Waals surface area contributed by atoms with Gasteiger partial charge in [-0.2, -0.15) is 0 Å². The number of rotatable bonds is 3. The molecule has 0 heterocycles. The Bertz CT molecular complexity index is 150. The van der Waals surface area contributed by atoms with Crippen molar-refractivity contribution in [2.75, 3.05) is 6.54 Å². The van der Waals surface area contributed by atoms with Crippen LogP contribution in [-0.2, 0) is 0 Å². The monoisotopic (exact) mass is 191 g/mol. The maximum atomic E-state index is 12.0. The van der Waals surface area contributed by atoms with Gasteiger partial charge in [0.05, 0.1) is 6.54 Å². The molecule has 78 valence electrons. The van der Waals surface area contributed by atoms with E-state index in [4.69, 9.17) is 0 Å². The van der Waals surface area contributed by atoms with Crippen LogP contribution >= 0.6 is 0 Å². The summed E-state index contributed by atoms with van der Waals surface area (Å²) >= 11 is 0. The molecule has 1 N–H and O–H groups in total. The Morgan fingerprint density at radius 3 is 2.62 bits per heavy atom. The molecule has 0 radical (unpaired) electrons. The van der Waals surface area contributed by atoms with Crippen LogP contribution in [0.4, 0.5) is 8.78 Å². The minimum Gasteiger partial charge on any atom is -0.308 e. The maximum Gasteiger partial charge on any atom is 0.250 e. The van der Waals surface area contributed by atoms with E-state index in [1.165, 1.54) is 12.8 Å². The summed E-state index contributed by atoms with van der Waals surface area (Å²) in [7, 11) is 0. The summed E-state index contributed by atoms with van der Waals surface area (Å²) < 4.78 is 23.9. The highest BCUT2D eigenvalue weighted by Crippen LogP contribution is 2.29. The van der Waals surface area contributed by atoms with E-state index in [1.54, 1.807) is 0 Å². The van der Waals surface area contributed by atoms with Crippen LogP contribution in [0, 0.1) is 11.8 Å². The van der Waals surface area contributed by atoms with E-state index < -0.39 is 6.43 Å². The zero-order chi connectivity index (χ0) is 9.84. The third-order valence-corrected chi connectivity index (χ3v) is 3.24. The number of halogens is 2. The van der Waals surface area contributed by atoms with Gasteiger partial charge in [0.1, 0.15) is 0 Å². The largest absolute Gasteiger partial charge is 0.308 e. The summed E-state index contributed by atoms with van der Waals surface area (Å²) in [5, 5.41) is 2.95. The Morgan fingerprint density at radius 1 is 1.31 bits per heavy atom. The summed E-state index contributed by atoms with van der Waals surface area (Å²) in [6.45, 7) is 4.22. The zero-order valence-corrected chi connectivity index (χ0v) is 8.39. The number of hydrogen-bond donors (Lipinski definition) is 1. The lowest BCUT2D eigenvalue weighted by Crippen LogP contribution is -2.42. The molecular weight excluding hydrogens is 172 g/mol. The van der Waals surface area contributed by atoms with E-state index in [0.29, 0.717) is 17.9 Å². The highest BCUT2D eigenvalue weighted by molar-refractivity contribution is 4.82. The van der Waals surface area contributed by atoms with Crippen molar-refractivity contribution in [1.29, 1.82) is 0 Å². The van der Waals surface area contributed by atoms with Crippen LogP contribution in [0.1, 0.15) is 33.1 Å². The lowest BCUT2D eigenvalue weighted by Gasteiger charge is -2.34. The molecule has 0 aliphatic heterocycles. The average molecular weight is 191 g/mol. The molecule has 13 heavy (non-hydrogen) atoms. The predicted molar refractivity (Wildman–Crippen MR) is 50.0 cm³/mol. The van der Waals surface area contributed by atoms with Crippen molar-refractivity contribution < 1.29 is 8.78 Å². The molecule has 0 saturated heterocycles. The van der Waals surface area contributed by atoms with E-state index >= 15 is 0 Å². The van der Waals surface area contributed by atoms with Gasteiger partial charge in [-0.3, -0.25) is 0 Å². The van der Waals surface area contributed by atoms with Gasteiger partial charge in [-0.25, -0.2) is 8.78 Å². The van der Waals surface area contributed by atoms with Crippen LogP contribution in [0.3, 0.4) is 0 Å². The van der Waals surface area contributed by atoms with E-state index in [-0.39, 0.29) is 6.54 Å². The van der Waals surface area contributed by atoms with Crippen molar-refractivity contribution in [3.63, 3.8) is 0 Å². The minimum atomic E-state index is -2.22. The molecule has 0 spiro atoms.